The summed E-state index contributed by atoms with van der Waals surface area (Å²) in [6.45, 7) is 1.13. The van der Waals surface area contributed by atoms with Gasteiger partial charge >= 0.3 is 6.18 Å². The standard InChI is InChI=1S/C24H19F3N4O4S/c1-13-19-22(36-20(13)21(33)30-16-8-3-4-9-17(16)35-2)28-12-31(23(19)34)11-18(32)29-15-7-5-6-14(10-15)24(25,26)27/h3-10,12H,11H2,1-2H3,(H,29,32)(H,30,33). The Labute approximate surface area is 206 Å². The summed E-state index contributed by atoms with van der Waals surface area (Å²) < 4.78 is 45.0. The Kier molecular flexibility index (Phi) is 6.80. The second kappa shape index (κ2) is 9.82. The van der Waals surface area contributed by atoms with Gasteiger partial charge in [-0.15, -0.1) is 11.3 Å². The predicted octanol–water partition coefficient (Wildman–Crippen LogP) is 4.68. The number of methoxy groups -OCH3 is 1. The molecule has 0 unspecified atom stereocenters. The van der Waals surface area contributed by atoms with E-state index in [1.807, 2.05) is 0 Å². The number of hydrogen-bond acceptors (Lipinski definition) is 6. The summed E-state index contributed by atoms with van der Waals surface area (Å²) in [5.41, 5.74) is -0.664. The zero-order valence-electron chi connectivity index (χ0n) is 19.0. The number of nitrogens with zero attached hydrogens (tertiary/aromatic N) is 2. The van der Waals surface area contributed by atoms with Gasteiger partial charge in [-0.25, -0.2) is 4.98 Å². The molecule has 0 fully saturated rings. The van der Waals surface area contributed by atoms with E-state index >= 15 is 0 Å². The highest BCUT2D eigenvalue weighted by molar-refractivity contribution is 7.20. The number of aryl methyl sites for hydroxylation is 1. The van der Waals surface area contributed by atoms with Crippen LogP contribution >= 0.6 is 11.3 Å². The molecule has 0 radical (unpaired) electrons. The summed E-state index contributed by atoms with van der Waals surface area (Å²) in [5.74, 6) is -0.690. The number of carbonyl (C=O) groups excluding carboxylic acids is 2. The number of hydrogen-bond donors (Lipinski definition) is 2. The number of amides is 2. The van der Waals surface area contributed by atoms with Gasteiger partial charge in [-0.1, -0.05) is 18.2 Å². The van der Waals surface area contributed by atoms with Crippen LogP contribution in [0.15, 0.2) is 59.7 Å². The number of rotatable bonds is 6. The molecule has 0 aliphatic heterocycles. The maximum Gasteiger partial charge on any atom is 0.416 e. The first-order valence-corrected chi connectivity index (χ1v) is 11.3. The van der Waals surface area contributed by atoms with Crippen LogP contribution in [-0.4, -0.2) is 28.5 Å². The number of thiophene rings is 1. The van der Waals surface area contributed by atoms with E-state index < -0.39 is 35.7 Å². The number of aromatic nitrogens is 2. The topological polar surface area (TPSA) is 102 Å². The Morgan fingerprint density at radius 1 is 1.11 bits per heavy atom. The number of anilines is 2. The van der Waals surface area contributed by atoms with Crippen molar-refractivity contribution in [3.63, 3.8) is 0 Å². The fourth-order valence-corrected chi connectivity index (χ4v) is 4.58. The van der Waals surface area contributed by atoms with Gasteiger partial charge in [0.2, 0.25) is 5.91 Å². The molecule has 2 heterocycles. The maximum absolute atomic E-state index is 13.1. The first kappa shape index (κ1) is 24.9. The van der Waals surface area contributed by atoms with Gasteiger partial charge in [0.05, 0.1) is 35.0 Å². The second-order valence-corrected chi connectivity index (χ2v) is 8.69. The molecule has 0 saturated carbocycles. The van der Waals surface area contributed by atoms with Crippen molar-refractivity contribution in [3.8, 4) is 5.75 Å². The number of fused-ring (bicyclic) bond motifs is 1. The van der Waals surface area contributed by atoms with Gasteiger partial charge in [0, 0.05) is 5.69 Å². The van der Waals surface area contributed by atoms with Crippen molar-refractivity contribution in [1.29, 1.82) is 0 Å². The smallest absolute Gasteiger partial charge is 0.416 e. The first-order valence-electron chi connectivity index (χ1n) is 10.5. The van der Waals surface area contributed by atoms with E-state index in [0.717, 1.165) is 34.4 Å². The minimum atomic E-state index is -4.56. The van der Waals surface area contributed by atoms with Gasteiger partial charge in [-0.2, -0.15) is 13.2 Å². The van der Waals surface area contributed by atoms with Crippen molar-refractivity contribution < 1.29 is 27.5 Å². The van der Waals surface area contributed by atoms with Crippen molar-refractivity contribution >= 4 is 44.7 Å². The molecule has 8 nitrogen and oxygen atoms in total. The molecule has 2 aromatic carbocycles. The average molecular weight is 517 g/mol. The molecule has 0 aliphatic carbocycles. The normalized spacial score (nSPS) is 11.4. The van der Waals surface area contributed by atoms with Crippen LogP contribution in [0.25, 0.3) is 10.2 Å². The van der Waals surface area contributed by atoms with Crippen LogP contribution in [-0.2, 0) is 17.5 Å². The van der Waals surface area contributed by atoms with Crippen LogP contribution in [0.4, 0.5) is 24.5 Å². The lowest BCUT2D eigenvalue weighted by Crippen LogP contribution is -2.28. The van der Waals surface area contributed by atoms with Crippen molar-refractivity contribution in [1.82, 2.24) is 9.55 Å². The fourth-order valence-electron chi connectivity index (χ4n) is 3.54. The van der Waals surface area contributed by atoms with Crippen molar-refractivity contribution in [2.24, 2.45) is 0 Å². The Bertz CT molecular complexity index is 1530. The predicted molar refractivity (Wildman–Crippen MR) is 130 cm³/mol. The molecule has 186 valence electrons. The number of halogens is 3. The zero-order valence-corrected chi connectivity index (χ0v) is 19.8. The molecule has 12 heteroatoms. The highest BCUT2D eigenvalue weighted by Crippen LogP contribution is 2.31. The molecule has 36 heavy (non-hydrogen) atoms. The van der Waals surface area contributed by atoms with E-state index in [0.29, 0.717) is 21.8 Å². The maximum atomic E-state index is 13.1. The van der Waals surface area contributed by atoms with Crippen LogP contribution in [0.5, 0.6) is 5.75 Å². The Morgan fingerprint density at radius 3 is 2.58 bits per heavy atom. The van der Waals surface area contributed by atoms with Crippen LogP contribution in [0.2, 0.25) is 0 Å². The second-order valence-electron chi connectivity index (χ2n) is 7.70. The summed E-state index contributed by atoms with van der Waals surface area (Å²) >= 11 is 1.03. The molecular weight excluding hydrogens is 497 g/mol. The quantitative estimate of drug-likeness (QED) is 0.387. The van der Waals surface area contributed by atoms with E-state index in [4.69, 9.17) is 4.74 Å². The van der Waals surface area contributed by atoms with Crippen molar-refractivity contribution in [2.75, 3.05) is 17.7 Å². The highest BCUT2D eigenvalue weighted by atomic mass is 32.1. The molecule has 2 amide bonds. The van der Waals surface area contributed by atoms with Gasteiger partial charge < -0.3 is 15.4 Å². The lowest BCUT2D eigenvalue weighted by Gasteiger charge is -2.10. The average Bonchev–Trinajstić information content (AvgIpc) is 3.18. The Hall–Kier alpha value is -4.19. The summed E-state index contributed by atoms with van der Waals surface area (Å²) in [7, 11) is 1.48. The molecule has 4 aromatic rings. The van der Waals surface area contributed by atoms with Gasteiger partial charge in [-0.3, -0.25) is 19.0 Å². The van der Waals surface area contributed by atoms with E-state index in [9.17, 15) is 27.6 Å². The van der Waals surface area contributed by atoms with Crippen LogP contribution in [0, 0.1) is 6.92 Å². The molecule has 0 atom stereocenters. The molecule has 2 aromatic heterocycles. The minimum absolute atomic E-state index is 0.0566. The Balaban J connectivity index is 1.56. The van der Waals surface area contributed by atoms with E-state index in [1.165, 1.54) is 19.2 Å². The number of benzene rings is 2. The third kappa shape index (κ3) is 5.08. The molecule has 0 spiro atoms. The van der Waals surface area contributed by atoms with Crippen molar-refractivity contribution in [2.45, 2.75) is 19.6 Å². The van der Waals surface area contributed by atoms with Gasteiger partial charge in [0.25, 0.3) is 11.5 Å². The van der Waals surface area contributed by atoms with E-state index in [-0.39, 0.29) is 16.0 Å². The van der Waals surface area contributed by atoms with Gasteiger partial charge in [-0.05, 0) is 42.8 Å². The third-order valence-electron chi connectivity index (χ3n) is 5.27. The SMILES string of the molecule is COc1ccccc1NC(=O)c1sc2ncn(CC(=O)Nc3cccc(C(F)(F)F)c3)c(=O)c2c1C. The monoisotopic (exact) mass is 516 g/mol. The highest BCUT2D eigenvalue weighted by Gasteiger charge is 2.30. The third-order valence-corrected chi connectivity index (χ3v) is 6.46. The Morgan fingerprint density at radius 2 is 1.86 bits per heavy atom. The summed E-state index contributed by atoms with van der Waals surface area (Å²) in [5, 5.41) is 5.29. The molecule has 0 aliphatic rings. The zero-order chi connectivity index (χ0) is 26.0. The summed E-state index contributed by atoms with van der Waals surface area (Å²) in [4.78, 5) is 43.2. The molecular formula is C24H19F3N4O4S. The minimum Gasteiger partial charge on any atom is -0.495 e. The summed E-state index contributed by atoms with van der Waals surface area (Å²) in [6, 6.07) is 11.0. The molecule has 0 saturated heterocycles. The van der Waals surface area contributed by atoms with E-state index in [2.05, 4.69) is 15.6 Å². The lowest BCUT2D eigenvalue weighted by molar-refractivity contribution is -0.137. The van der Waals surface area contributed by atoms with Gasteiger partial charge in [0.1, 0.15) is 17.1 Å². The van der Waals surface area contributed by atoms with E-state index in [1.54, 1.807) is 31.2 Å². The summed E-state index contributed by atoms with van der Waals surface area (Å²) in [6.07, 6.45) is -3.40. The van der Waals surface area contributed by atoms with Crippen molar-refractivity contribution in [3.05, 3.63) is 81.2 Å². The molecule has 4 rings (SSSR count). The number of carbonyl (C=O) groups is 2. The number of ether oxygens (including phenoxy) is 1. The molecule has 0 bridgehead atoms. The fraction of sp³-hybridized carbons (Fsp3) is 0.167. The largest absolute Gasteiger partial charge is 0.495 e. The lowest BCUT2D eigenvalue weighted by atomic mass is 10.2. The number of para-hydroxylation sites is 2. The first-order chi connectivity index (χ1) is 17.1. The van der Waals surface area contributed by atoms with Crippen LogP contribution in [0.3, 0.4) is 0 Å². The molecule has 2 N–H and O–H groups in total. The van der Waals surface area contributed by atoms with Gasteiger partial charge in [0.15, 0.2) is 0 Å². The number of alkyl halides is 3. The van der Waals surface area contributed by atoms with Crippen LogP contribution < -0.4 is 20.9 Å². The van der Waals surface area contributed by atoms with Crippen LogP contribution in [0.1, 0.15) is 20.8 Å². The number of nitrogens with one attached hydrogen (secondary N) is 2.